The molecule has 0 unspecified atom stereocenters. The molecule has 97 heavy (non-hydrogen) atoms. The molecule has 0 aliphatic carbocycles. The zero-order chi connectivity index (χ0) is 67.3. The van der Waals surface area contributed by atoms with Crippen LogP contribution in [0.1, 0.15) is 44.1 Å². The number of hydrogen-bond acceptors (Lipinski definition) is 10. The Kier molecular flexibility index (Phi) is 19.8. The van der Waals surface area contributed by atoms with Gasteiger partial charge < -0.3 is 19.4 Å². The molecule has 16 nitrogen and oxygen atoms in total. The van der Waals surface area contributed by atoms with Gasteiger partial charge in [0.15, 0.2) is 0 Å². The van der Waals surface area contributed by atoms with Crippen molar-refractivity contribution in [2.24, 2.45) is 0 Å². The molecule has 3 saturated heterocycles. The van der Waals surface area contributed by atoms with Gasteiger partial charge >= 0.3 is 6.18 Å². The normalized spacial score (nSPS) is 14.6. The van der Waals surface area contributed by atoms with E-state index in [1.165, 1.54) is 99.7 Å². The molecule has 15 rings (SSSR count). The molecule has 23 heteroatoms. The van der Waals surface area contributed by atoms with E-state index in [0.717, 1.165) is 120 Å². The van der Waals surface area contributed by atoms with Gasteiger partial charge in [-0.05, 0) is 216 Å². The summed E-state index contributed by atoms with van der Waals surface area (Å²) in [5.41, 5.74) is 6.05. The van der Waals surface area contributed by atoms with Crippen LogP contribution in [0.5, 0.6) is 5.75 Å². The molecule has 0 saturated carbocycles. The second-order valence-corrected chi connectivity index (χ2v) is 25.4. The molecule has 0 N–H and O–H groups in total. The maximum atomic E-state index is 14.3. The quantitative estimate of drug-likeness (QED) is 0.0859. The molecule has 498 valence electrons. The Morgan fingerprint density at radius 2 is 0.794 bits per heavy atom. The minimum Gasteiger partial charge on any atom is -0.497 e. The molecule has 0 amide bonds. The lowest BCUT2D eigenvalue weighted by Crippen LogP contribution is -2.24. The van der Waals surface area contributed by atoms with Crippen LogP contribution in [0.25, 0.3) is 83.2 Å². The van der Waals surface area contributed by atoms with Gasteiger partial charge in [0.2, 0.25) is 0 Å². The van der Waals surface area contributed by atoms with Gasteiger partial charge in [-0.3, -0.25) is 42.1 Å². The SMILES string of the molecule is COc1ccc(-c2ccn(-c3ccc4c(cnn4CCN4CCCC4)c3)c(=O)c2)c(Cl)c1.O=c1cc(-c2ccc(C(F)(F)F)cc2F)ccn1-c1ccc2c(cnn2CCN2CCCC2)c1.O=c1cc(-c2ccc(Cl)cc2F)ccn1-c1ccc2c(cnn2CCN2CCCC2)c1. The van der Waals surface area contributed by atoms with Crippen molar-refractivity contribution in [3.63, 3.8) is 0 Å². The van der Waals surface area contributed by atoms with Crippen LogP contribution in [0.2, 0.25) is 10.0 Å². The third-order valence-corrected chi connectivity index (χ3v) is 18.8. The van der Waals surface area contributed by atoms with Gasteiger partial charge in [0.1, 0.15) is 17.4 Å². The molecule has 6 aromatic heterocycles. The predicted molar refractivity (Wildman–Crippen MR) is 371 cm³/mol. The largest absolute Gasteiger partial charge is 0.497 e. The molecular formula is C74H69Cl2F5N12O4. The Morgan fingerprint density at radius 1 is 0.423 bits per heavy atom. The van der Waals surface area contributed by atoms with Crippen LogP contribution in [0.4, 0.5) is 22.0 Å². The highest BCUT2D eigenvalue weighted by Crippen LogP contribution is 2.34. The highest BCUT2D eigenvalue weighted by molar-refractivity contribution is 6.33. The molecule has 0 bridgehead atoms. The fourth-order valence-electron chi connectivity index (χ4n) is 13.0. The average molecular weight is 1360 g/mol. The number of likely N-dealkylation sites (tertiary alicyclic amines) is 3. The minimum absolute atomic E-state index is 0.0630. The summed E-state index contributed by atoms with van der Waals surface area (Å²) in [6.45, 7) is 12.4. The Morgan fingerprint density at radius 3 is 1.14 bits per heavy atom. The Bertz CT molecular complexity index is 5020. The lowest BCUT2D eigenvalue weighted by Gasteiger charge is -2.14. The first kappa shape index (κ1) is 66.1. The van der Waals surface area contributed by atoms with Crippen LogP contribution in [0.3, 0.4) is 0 Å². The van der Waals surface area contributed by atoms with E-state index in [2.05, 4.69) is 34.7 Å². The molecular weight excluding hydrogens is 1290 g/mol. The molecule has 9 heterocycles. The summed E-state index contributed by atoms with van der Waals surface area (Å²) in [6.07, 6.45) is 13.4. The maximum Gasteiger partial charge on any atom is 0.416 e. The number of nitrogens with zero attached hydrogens (tertiary/aromatic N) is 12. The van der Waals surface area contributed by atoms with E-state index >= 15 is 0 Å². The highest BCUT2D eigenvalue weighted by atomic mass is 35.5. The lowest BCUT2D eigenvalue weighted by molar-refractivity contribution is -0.137. The topological polar surface area (TPSA) is 138 Å². The molecule has 0 radical (unpaired) electrons. The number of aromatic nitrogens is 9. The standard InChI is InChI=1S/C25H25ClN4O2.C25H22F4N4O.C24H22ClFN4O/c1-32-21-5-6-22(23(26)16-21)18-8-11-29(25(31)15-18)20-4-7-24-19(14-20)17-27-30(24)13-12-28-9-2-3-10-28;26-22-15-19(25(27,28)29)3-5-21(22)17-7-10-32(24(34)14-17)20-4-6-23-18(13-20)16-30-33(23)12-11-31-8-1-2-9-31;25-19-3-5-21(22(26)15-19)17-7-10-29(24(31)14-17)20-4-6-23-18(13-20)16-27-30(23)12-11-28-8-1-2-9-28/h4-8,11,14-17H,2-3,9-10,12-13H2,1H3;3-7,10,13-16H,1-2,8-9,11-12H2;3-7,10,13-16H,1-2,8-9,11-12H2. The third kappa shape index (κ3) is 15.1. The first-order valence-electron chi connectivity index (χ1n) is 32.4. The van der Waals surface area contributed by atoms with Gasteiger partial charge in [0.05, 0.1) is 72.5 Å². The number of benzene rings is 6. The Balaban J connectivity index is 0.000000131. The summed E-state index contributed by atoms with van der Waals surface area (Å²) in [6, 6.07) is 39.1. The van der Waals surface area contributed by atoms with E-state index in [9.17, 15) is 36.3 Å². The summed E-state index contributed by atoms with van der Waals surface area (Å²) >= 11 is 12.2. The Labute approximate surface area is 565 Å². The minimum atomic E-state index is -4.64. The number of ether oxygens (including phenoxy) is 1. The van der Waals surface area contributed by atoms with E-state index < -0.39 is 28.9 Å². The third-order valence-electron chi connectivity index (χ3n) is 18.3. The summed E-state index contributed by atoms with van der Waals surface area (Å²) in [5, 5.41) is 17.4. The van der Waals surface area contributed by atoms with Gasteiger partial charge in [-0.15, -0.1) is 0 Å². The van der Waals surface area contributed by atoms with Crippen molar-refractivity contribution in [3.8, 4) is 56.2 Å². The summed E-state index contributed by atoms with van der Waals surface area (Å²) in [7, 11) is 1.60. The molecule has 12 aromatic rings. The molecule has 3 aliphatic heterocycles. The van der Waals surface area contributed by atoms with Crippen molar-refractivity contribution >= 4 is 55.9 Å². The van der Waals surface area contributed by atoms with E-state index in [-0.39, 0.29) is 22.2 Å². The number of hydrogen-bond donors (Lipinski definition) is 0. The van der Waals surface area contributed by atoms with Gasteiger partial charge in [-0.1, -0.05) is 29.3 Å². The smallest absolute Gasteiger partial charge is 0.416 e. The summed E-state index contributed by atoms with van der Waals surface area (Å²) < 4.78 is 82.8. The number of alkyl halides is 3. The molecule has 3 fully saturated rings. The summed E-state index contributed by atoms with van der Waals surface area (Å²) in [5.74, 6) is -0.802. The first-order chi connectivity index (χ1) is 47.0. The number of fused-ring (bicyclic) bond motifs is 3. The fraction of sp³-hybridized carbons (Fsp3) is 0.270. The fourth-order valence-corrected chi connectivity index (χ4v) is 13.5. The maximum absolute atomic E-state index is 14.3. The number of rotatable bonds is 16. The van der Waals surface area contributed by atoms with Crippen LogP contribution in [-0.2, 0) is 25.8 Å². The van der Waals surface area contributed by atoms with E-state index in [0.29, 0.717) is 38.7 Å². The molecule has 0 spiro atoms. The van der Waals surface area contributed by atoms with Crippen molar-refractivity contribution in [2.45, 2.75) is 64.3 Å². The van der Waals surface area contributed by atoms with Crippen molar-refractivity contribution < 1.29 is 26.7 Å². The molecule has 0 atom stereocenters. The zero-order valence-electron chi connectivity index (χ0n) is 53.2. The summed E-state index contributed by atoms with van der Waals surface area (Å²) in [4.78, 5) is 45.8. The second kappa shape index (κ2) is 29.1. The second-order valence-electron chi connectivity index (χ2n) is 24.5. The zero-order valence-corrected chi connectivity index (χ0v) is 54.7. The highest BCUT2D eigenvalue weighted by Gasteiger charge is 2.31. The number of methoxy groups -OCH3 is 1. The van der Waals surface area contributed by atoms with Crippen LogP contribution < -0.4 is 21.4 Å². The predicted octanol–water partition coefficient (Wildman–Crippen LogP) is 14.5. The number of pyridine rings is 3. The van der Waals surface area contributed by atoms with E-state index in [1.54, 1.807) is 65.2 Å². The molecule has 6 aromatic carbocycles. The van der Waals surface area contributed by atoms with Gasteiger partial charge in [0, 0.05) is 111 Å². The van der Waals surface area contributed by atoms with Gasteiger partial charge in [-0.25, -0.2) is 8.78 Å². The average Bonchev–Trinajstić information content (AvgIpc) is 1.75. The number of halogens is 7. The van der Waals surface area contributed by atoms with Crippen LogP contribution in [0.15, 0.2) is 197 Å². The van der Waals surface area contributed by atoms with Crippen LogP contribution >= 0.6 is 23.2 Å². The van der Waals surface area contributed by atoms with Crippen molar-refractivity contribution in [1.82, 2.24) is 57.7 Å². The van der Waals surface area contributed by atoms with Crippen molar-refractivity contribution in [2.75, 3.05) is 66.0 Å². The molecule has 3 aliphatic rings. The monoisotopic (exact) mass is 1350 g/mol. The van der Waals surface area contributed by atoms with E-state index in [1.807, 2.05) is 94.6 Å². The van der Waals surface area contributed by atoms with E-state index in [4.69, 9.17) is 27.9 Å². The van der Waals surface area contributed by atoms with Gasteiger partial charge in [0.25, 0.3) is 16.7 Å². The van der Waals surface area contributed by atoms with Crippen LogP contribution in [-0.4, -0.2) is 124 Å². The van der Waals surface area contributed by atoms with Crippen molar-refractivity contribution in [1.29, 1.82) is 0 Å². The van der Waals surface area contributed by atoms with Crippen LogP contribution in [0, 0.1) is 11.6 Å². The Hall–Kier alpha value is -9.51. The van der Waals surface area contributed by atoms with Crippen molar-refractivity contribution in [3.05, 3.63) is 241 Å². The lowest BCUT2D eigenvalue weighted by atomic mass is 10.0. The first-order valence-corrected chi connectivity index (χ1v) is 33.2. The van der Waals surface area contributed by atoms with Gasteiger partial charge in [-0.2, -0.15) is 28.5 Å².